The van der Waals surface area contributed by atoms with Crippen molar-refractivity contribution in [3.8, 4) is 33.4 Å². The molecular weight excluding hydrogens is 803 g/mol. The highest BCUT2D eigenvalue weighted by atomic mass is 16.4. The molecule has 3 aliphatic rings. The molecule has 0 spiro atoms. The number of anilines is 5. The zero-order valence-electron chi connectivity index (χ0n) is 38.1. The smallest absolute Gasteiger partial charge is 0.337 e. The number of unbranched alkanes of at least 4 members (excludes halogenated alkanes) is 2. The highest BCUT2D eigenvalue weighted by Crippen LogP contribution is 2.57. The number of nitrogens with zero attached hydrogens (tertiary/aromatic N) is 2. The first-order valence-corrected chi connectivity index (χ1v) is 24.1. The SMILES string of the molecule is CCCCc1ccc(N2B3c4c(cc5c(oc6ccccc65)c4N(c4ccc(CCCC)cc4-c4ccccc4)c4oc5ccccc5c43)-c3cc4c(cc32)C(C)(C)c2ccccc2-4)cc1. The van der Waals surface area contributed by atoms with Gasteiger partial charge < -0.3 is 13.6 Å². The maximum atomic E-state index is 7.36. The van der Waals surface area contributed by atoms with Gasteiger partial charge in [0.05, 0.1) is 11.4 Å². The van der Waals surface area contributed by atoms with E-state index in [1.807, 2.05) is 0 Å². The minimum Gasteiger partial charge on any atom is -0.454 e. The van der Waals surface area contributed by atoms with Crippen LogP contribution in [0.5, 0.6) is 0 Å². The van der Waals surface area contributed by atoms with Crippen molar-refractivity contribution in [2.75, 3.05) is 9.71 Å². The van der Waals surface area contributed by atoms with Crippen molar-refractivity contribution in [2.45, 2.75) is 71.6 Å². The normalized spacial score (nSPS) is 14.2. The number of hydrogen-bond acceptors (Lipinski definition) is 4. The third-order valence-corrected chi connectivity index (χ3v) is 15.0. The molecule has 8 aromatic carbocycles. The first kappa shape index (κ1) is 39.2. The van der Waals surface area contributed by atoms with E-state index in [9.17, 15) is 0 Å². The van der Waals surface area contributed by atoms with Crippen molar-refractivity contribution in [1.82, 2.24) is 0 Å². The van der Waals surface area contributed by atoms with Gasteiger partial charge in [0.15, 0.2) is 5.58 Å². The van der Waals surface area contributed by atoms with Crippen molar-refractivity contribution in [1.29, 1.82) is 0 Å². The lowest BCUT2D eigenvalue weighted by atomic mass is 9.43. The van der Waals surface area contributed by atoms with E-state index in [0.29, 0.717) is 0 Å². The van der Waals surface area contributed by atoms with Crippen LogP contribution in [0, 0.1) is 0 Å². The van der Waals surface area contributed by atoms with Crippen LogP contribution in [0.2, 0.25) is 0 Å². The summed E-state index contributed by atoms with van der Waals surface area (Å²) < 4.78 is 14.6. The molecule has 66 heavy (non-hydrogen) atoms. The van der Waals surface area contributed by atoms with Gasteiger partial charge in [0.2, 0.25) is 5.88 Å². The summed E-state index contributed by atoms with van der Waals surface area (Å²) in [6.07, 6.45) is 6.72. The molecule has 5 heteroatoms. The average molecular weight is 855 g/mol. The number of hydrogen-bond donors (Lipinski definition) is 0. The summed E-state index contributed by atoms with van der Waals surface area (Å²) in [5, 5.41) is 3.33. The Kier molecular flexibility index (Phi) is 8.84. The van der Waals surface area contributed by atoms with Gasteiger partial charge >= 0.3 is 6.85 Å². The van der Waals surface area contributed by atoms with Gasteiger partial charge in [0.25, 0.3) is 0 Å². The third-order valence-electron chi connectivity index (χ3n) is 15.0. The maximum absolute atomic E-state index is 7.36. The van der Waals surface area contributed by atoms with E-state index in [2.05, 4.69) is 201 Å². The van der Waals surface area contributed by atoms with E-state index < -0.39 is 0 Å². The summed E-state index contributed by atoms with van der Waals surface area (Å²) in [4.78, 5) is 5.08. The summed E-state index contributed by atoms with van der Waals surface area (Å²) in [5.41, 5.74) is 22.1. The third kappa shape index (κ3) is 5.65. The molecule has 13 rings (SSSR count). The number of rotatable bonds is 9. The summed E-state index contributed by atoms with van der Waals surface area (Å²) in [5.74, 6) is 0.827. The second kappa shape index (κ2) is 14.9. The zero-order chi connectivity index (χ0) is 44.3. The van der Waals surface area contributed by atoms with Crippen LogP contribution >= 0.6 is 0 Å². The first-order valence-electron chi connectivity index (χ1n) is 24.1. The Labute approximate surface area is 387 Å². The van der Waals surface area contributed by atoms with Gasteiger partial charge in [-0.05, 0) is 130 Å². The lowest BCUT2D eigenvalue weighted by Gasteiger charge is -2.44. The fourth-order valence-corrected chi connectivity index (χ4v) is 11.7. The molecule has 0 N–H and O–H groups in total. The predicted octanol–water partition coefficient (Wildman–Crippen LogP) is 15.7. The molecule has 320 valence electrons. The van der Waals surface area contributed by atoms with Crippen LogP contribution in [0.3, 0.4) is 0 Å². The second-order valence-corrected chi connectivity index (χ2v) is 19.3. The predicted molar refractivity (Wildman–Crippen MR) is 277 cm³/mol. The van der Waals surface area contributed by atoms with Crippen molar-refractivity contribution in [3.05, 3.63) is 186 Å². The molecule has 0 unspecified atom stereocenters. The summed E-state index contributed by atoms with van der Waals surface area (Å²) in [6.45, 7) is 9.09. The Hall–Kier alpha value is -7.24. The molecule has 0 saturated heterocycles. The summed E-state index contributed by atoms with van der Waals surface area (Å²) in [6, 6.07) is 61.2. The van der Waals surface area contributed by atoms with Gasteiger partial charge in [-0.15, -0.1) is 0 Å². The van der Waals surface area contributed by atoms with Crippen LogP contribution in [0.25, 0.3) is 66.3 Å². The van der Waals surface area contributed by atoms with Gasteiger partial charge in [-0.3, -0.25) is 4.90 Å². The van der Waals surface area contributed by atoms with Gasteiger partial charge in [0, 0.05) is 49.5 Å². The standard InChI is InChI=1S/C61H51BN2O2/c1-5-7-18-38-28-31-41(32-29-38)64-53-37-51-46(42-22-12-15-25-50(42)61(51,3)4)35-47(53)48-36-49-43-23-13-16-26-54(43)65-59(49)58-56(48)62(64)57-44-24-14-17-27-55(44)66-60(57)63(58)52-33-30-39(19-8-6-2)34-45(52)40-20-10-9-11-21-40/h9-17,20-37H,5-8,18-19H2,1-4H3. The zero-order valence-corrected chi connectivity index (χ0v) is 38.1. The topological polar surface area (TPSA) is 32.8 Å². The second-order valence-electron chi connectivity index (χ2n) is 19.3. The largest absolute Gasteiger partial charge is 0.454 e. The highest BCUT2D eigenvalue weighted by molar-refractivity contribution is 6.95. The van der Waals surface area contributed by atoms with Gasteiger partial charge in [-0.2, -0.15) is 0 Å². The molecule has 4 nitrogen and oxygen atoms in total. The van der Waals surface area contributed by atoms with Crippen molar-refractivity contribution < 1.29 is 8.83 Å². The molecule has 0 fully saturated rings. The molecule has 0 atom stereocenters. The van der Waals surface area contributed by atoms with Gasteiger partial charge in [-0.1, -0.05) is 150 Å². The summed E-state index contributed by atoms with van der Waals surface area (Å²) in [7, 11) is 0. The number of aryl methyl sites for hydroxylation is 2. The van der Waals surface area contributed by atoms with Crippen LogP contribution in [0.15, 0.2) is 173 Å². The first-order chi connectivity index (χ1) is 32.4. The molecule has 0 amide bonds. The van der Waals surface area contributed by atoms with Crippen LogP contribution in [-0.2, 0) is 18.3 Å². The minimum absolute atomic E-state index is 0.180. The number of benzene rings is 8. The molecule has 4 heterocycles. The van der Waals surface area contributed by atoms with Crippen molar-refractivity contribution in [2.24, 2.45) is 0 Å². The number of para-hydroxylation sites is 2. The van der Waals surface area contributed by atoms with E-state index in [1.54, 1.807) is 0 Å². The Morgan fingerprint density at radius 1 is 0.500 bits per heavy atom. The Bertz CT molecular complexity index is 3560. The van der Waals surface area contributed by atoms with Gasteiger partial charge in [-0.25, -0.2) is 0 Å². The molecule has 0 radical (unpaired) electrons. The van der Waals surface area contributed by atoms with Crippen LogP contribution in [0.1, 0.15) is 75.6 Å². The molecule has 0 bridgehead atoms. The summed E-state index contributed by atoms with van der Waals surface area (Å²) >= 11 is 0. The molecule has 1 aliphatic carbocycles. The Morgan fingerprint density at radius 2 is 1.18 bits per heavy atom. The van der Waals surface area contributed by atoms with E-state index in [-0.39, 0.29) is 12.3 Å². The monoisotopic (exact) mass is 854 g/mol. The quantitative estimate of drug-likeness (QED) is 0.135. The lowest BCUT2D eigenvalue weighted by Crippen LogP contribution is -2.61. The van der Waals surface area contributed by atoms with Crippen molar-refractivity contribution >= 4 is 79.3 Å². The van der Waals surface area contributed by atoms with Gasteiger partial charge in [0.1, 0.15) is 11.2 Å². The molecule has 0 saturated carbocycles. The van der Waals surface area contributed by atoms with Crippen LogP contribution in [-0.4, -0.2) is 6.85 Å². The average Bonchev–Trinajstić information content (AvgIpc) is 4.00. The molecular formula is C61H51BN2O2. The van der Waals surface area contributed by atoms with E-state index in [0.717, 1.165) is 87.0 Å². The number of fused-ring (bicyclic) bond motifs is 13. The van der Waals surface area contributed by atoms with Crippen LogP contribution in [0.4, 0.5) is 28.6 Å². The lowest BCUT2D eigenvalue weighted by molar-refractivity contribution is 0.620. The van der Waals surface area contributed by atoms with E-state index in [4.69, 9.17) is 8.83 Å². The fraction of sp³-hybridized carbons (Fsp3) is 0.180. The Morgan fingerprint density at radius 3 is 1.97 bits per heavy atom. The minimum atomic E-state index is -0.245. The fourth-order valence-electron chi connectivity index (χ4n) is 11.7. The van der Waals surface area contributed by atoms with E-state index in [1.165, 1.54) is 79.6 Å². The van der Waals surface area contributed by atoms with Crippen LogP contribution < -0.4 is 20.6 Å². The highest BCUT2D eigenvalue weighted by Gasteiger charge is 2.50. The molecule has 2 aromatic heterocycles. The molecule has 2 aliphatic heterocycles. The Balaban J connectivity index is 1.19. The van der Waals surface area contributed by atoms with E-state index >= 15 is 0 Å². The molecule has 10 aromatic rings. The number of furan rings is 2. The maximum Gasteiger partial charge on any atom is 0.337 e. The van der Waals surface area contributed by atoms with Crippen molar-refractivity contribution in [3.63, 3.8) is 0 Å².